The summed E-state index contributed by atoms with van der Waals surface area (Å²) in [6, 6.07) is 17.5. The van der Waals surface area contributed by atoms with Crippen LogP contribution < -0.4 is 0 Å². The summed E-state index contributed by atoms with van der Waals surface area (Å²) in [5, 5.41) is 12.3. The van der Waals surface area contributed by atoms with Crippen LogP contribution in [0.25, 0.3) is 6.08 Å². The van der Waals surface area contributed by atoms with Crippen LogP contribution in [-0.4, -0.2) is 71.1 Å². The van der Waals surface area contributed by atoms with Gasteiger partial charge in [-0.1, -0.05) is 62.0 Å². The zero-order valence-electron chi connectivity index (χ0n) is 31.3. The monoisotopic (exact) mass is 728 g/mol. The molecular weight excluding hydrogens is 680 g/mol. The van der Waals surface area contributed by atoms with Crippen molar-refractivity contribution in [3.05, 3.63) is 101 Å². The summed E-state index contributed by atoms with van der Waals surface area (Å²) in [6.45, 7) is 15.0. The molecule has 0 aromatic heterocycles. The van der Waals surface area contributed by atoms with E-state index >= 15 is 0 Å². The molecule has 0 unspecified atom stereocenters. The van der Waals surface area contributed by atoms with Crippen molar-refractivity contribution in [2.75, 3.05) is 0 Å². The number of carbonyl (C=O) groups is 5. The fraction of sp³-hybridized carbons (Fsp3) is 0.452. The first kappa shape index (κ1) is 39.2. The predicted molar refractivity (Wildman–Crippen MR) is 194 cm³/mol. The number of esters is 5. The Morgan fingerprint density at radius 3 is 1.96 bits per heavy atom. The molecule has 11 heteroatoms. The molecule has 0 aliphatic heterocycles. The first-order chi connectivity index (χ1) is 24.9. The number of hydrogen-bond acceptors (Lipinski definition) is 11. The number of benzene rings is 2. The van der Waals surface area contributed by atoms with Crippen LogP contribution in [-0.2, 0) is 42.9 Å². The van der Waals surface area contributed by atoms with Crippen molar-refractivity contribution < 1.29 is 52.8 Å². The summed E-state index contributed by atoms with van der Waals surface area (Å²) in [5.41, 5.74) is -1.82. The maximum atomic E-state index is 14.0. The van der Waals surface area contributed by atoms with Crippen LogP contribution in [0.4, 0.5) is 0 Å². The average Bonchev–Trinajstić information content (AvgIpc) is 3.32. The molecule has 1 N–H and O–H groups in total. The van der Waals surface area contributed by atoms with Crippen molar-refractivity contribution in [3.63, 3.8) is 0 Å². The van der Waals surface area contributed by atoms with Gasteiger partial charge >= 0.3 is 29.8 Å². The van der Waals surface area contributed by atoms with Crippen molar-refractivity contribution in [2.24, 2.45) is 16.7 Å². The van der Waals surface area contributed by atoms with E-state index in [9.17, 15) is 29.1 Å². The van der Waals surface area contributed by atoms with Gasteiger partial charge in [0.2, 0.25) is 0 Å². The van der Waals surface area contributed by atoms with Gasteiger partial charge in [0, 0.05) is 45.1 Å². The third-order valence-electron chi connectivity index (χ3n) is 11.2. The van der Waals surface area contributed by atoms with E-state index in [0.717, 1.165) is 5.56 Å². The van der Waals surface area contributed by atoms with Crippen LogP contribution in [0.1, 0.15) is 83.7 Å². The van der Waals surface area contributed by atoms with Gasteiger partial charge in [0.1, 0.15) is 18.3 Å². The Labute approximate surface area is 310 Å². The summed E-state index contributed by atoms with van der Waals surface area (Å²) >= 11 is 0. The first-order valence-corrected chi connectivity index (χ1v) is 17.7. The summed E-state index contributed by atoms with van der Waals surface area (Å²) in [4.78, 5) is 65.6. The first-order valence-electron chi connectivity index (χ1n) is 17.7. The van der Waals surface area contributed by atoms with E-state index in [-0.39, 0.29) is 24.8 Å². The molecule has 2 aromatic rings. The van der Waals surface area contributed by atoms with Gasteiger partial charge in [0.25, 0.3) is 0 Å². The van der Waals surface area contributed by atoms with Crippen molar-refractivity contribution in [2.45, 2.75) is 104 Å². The zero-order chi connectivity index (χ0) is 38.9. The molecule has 3 aliphatic rings. The minimum atomic E-state index is -1.57. The fourth-order valence-electron chi connectivity index (χ4n) is 8.64. The van der Waals surface area contributed by atoms with Gasteiger partial charge in [-0.05, 0) is 73.6 Å². The molecule has 53 heavy (non-hydrogen) atoms. The summed E-state index contributed by atoms with van der Waals surface area (Å²) in [5.74, 6) is -4.06. The molecule has 282 valence electrons. The smallest absolute Gasteiger partial charge is 0.338 e. The maximum Gasteiger partial charge on any atom is 0.338 e. The largest absolute Gasteiger partial charge is 0.462 e. The number of hydrogen-bond donors (Lipinski definition) is 1. The Hall–Kier alpha value is -5.03. The lowest BCUT2D eigenvalue weighted by molar-refractivity contribution is -0.197. The normalized spacial score (nSPS) is 29.7. The molecule has 11 nitrogen and oxygen atoms in total. The number of ether oxygens (including phenoxy) is 5. The van der Waals surface area contributed by atoms with Gasteiger partial charge in [0.15, 0.2) is 12.2 Å². The Kier molecular flexibility index (Phi) is 11.2. The SMILES string of the molecule is C=C1[C@H]2C[C@]3(C(C)(C)O)C[C@@H](OC(C)=O)C(C)=C3[C@@H](OC(=O)c3ccccc3)[C@H](OC(C)=O)[C@]2(C)[C@@H](OC(C)=O)C[C@H]1OC(=O)/C=C\c1ccccc1. The third kappa shape index (κ3) is 7.71. The molecule has 2 fully saturated rings. The highest BCUT2D eigenvalue weighted by atomic mass is 16.6. The standard InChI is InChI=1S/C42H48O11/c1-24-31-22-42(40(6,7)48)23-33(49-26(3)43)25(2)36(42)37(53-39(47)30-17-13-10-14-18-30)38(51-28(5)45)41(31,8)34(50-27(4)44)21-32(24)52-35(46)20-19-29-15-11-9-12-16-29/h9-20,31-34,37-38,48H,1,21-23H2,2-8H3/b20-19-/t31-,32-,33-,34+,37-,38+,41+,42+/m1/s1. The zero-order valence-corrected chi connectivity index (χ0v) is 31.3. The average molecular weight is 729 g/mol. The van der Waals surface area contributed by atoms with Crippen LogP contribution in [0.5, 0.6) is 0 Å². The second-order valence-corrected chi connectivity index (χ2v) is 15.0. The van der Waals surface area contributed by atoms with Crippen molar-refractivity contribution in [1.82, 2.24) is 0 Å². The van der Waals surface area contributed by atoms with E-state index in [4.69, 9.17) is 23.7 Å². The van der Waals surface area contributed by atoms with Crippen LogP contribution >= 0.6 is 0 Å². The second-order valence-electron chi connectivity index (χ2n) is 15.0. The molecule has 2 saturated carbocycles. The lowest BCUT2D eigenvalue weighted by Crippen LogP contribution is -2.60. The number of fused-ring (bicyclic) bond motifs is 2. The number of carbonyl (C=O) groups excluding carboxylic acids is 5. The van der Waals surface area contributed by atoms with Gasteiger partial charge in [-0.3, -0.25) is 14.4 Å². The molecule has 0 bridgehead atoms. The van der Waals surface area contributed by atoms with Gasteiger partial charge in [-0.15, -0.1) is 0 Å². The highest BCUT2D eigenvalue weighted by molar-refractivity contribution is 5.90. The molecule has 0 saturated heterocycles. The van der Waals surface area contributed by atoms with E-state index in [0.29, 0.717) is 16.7 Å². The summed E-state index contributed by atoms with van der Waals surface area (Å²) in [6.07, 6.45) is -2.48. The quantitative estimate of drug-likeness (QED) is 0.138. The highest BCUT2D eigenvalue weighted by Crippen LogP contribution is 2.65. The van der Waals surface area contributed by atoms with E-state index < -0.39 is 82.7 Å². The van der Waals surface area contributed by atoms with Crippen molar-refractivity contribution >= 4 is 35.9 Å². The third-order valence-corrected chi connectivity index (χ3v) is 11.2. The van der Waals surface area contributed by atoms with Crippen LogP contribution in [0, 0.1) is 16.7 Å². The minimum absolute atomic E-state index is 0.0446. The van der Waals surface area contributed by atoms with Crippen LogP contribution in [0.15, 0.2) is 90.0 Å². The van der Waals surface area contributed by atoms with E-state index in [1.807, 2.05) is 30.3 Å². The summed E-state index contributed by atoms with van der Waals surface area (Å²) < 4.78 is 30.4. The molecule has 0 amide bonds. The van der Waals surface area contributed by atoms with E-state index in [1.54, 1.807) is 64.1 Å². The molecule has 0 spiro atoms. The van der Waals surface area contributed by atoms with Gasteiger partial charge in [-0.25, -0.2) is 9.59 Å². The molecule has 2 aromatic carbocycles. The van der Waals surface area contributed by atoms with Gasteiger partial charge < -0.3 is 28.8 Å². The van der Waals surface area contributed by atoms with Crippen molar-refractivity contribution in [1.29, 1.82) is 0 Å². The second kappa shape index (κ2) is 15.1. The Morgan fingerprint density at radius 2 is 1.40 bits per heavy atom. The Morgan fingerprint density at radius 1 is 0.811 bits per heavy atom. The Balaban J connectivity index is 1.72. The molecule has 5 rings (SSSR count). The number of rotatable bonds is 9. The topological polar surface area (TPSA) is 152 Å². The molecule has 0 heterocycles. The predicted octanol–water partition coefficient (Wildman–Crippen LogP) is 6.10. The molecular formula is C42H48O11. The molecule has 3 aliphatic carbocycles. The molecule has 0 radical (unpaired) electrons. The van der Waals surface area contributed by atoms with Gasteiger partial charge in [-0.2, -0.15) is 0 Å². The van der Waals surface area contributed by atoms with Crippen LogP contribution in [0.3, 0.4) is 0 Å². The minimum Gasteiger partial charge on any atom is -0.462 e. The molecule has 8 atom stereocenters. The van der Waals surface area contributed by atoms with Crippen LogP contribution in [0.2, 0.25) is 0 Å². The Bertz CT molecular complexity index is 1820. The maximum absolute atomic E-state index is 14.0. The lowest BCUT2D eigenvalue weighted by atomic mass is 9.56. The highest BCUT2D eigenvalue weighted by Gasteiger charge is 2.69. The van der Waals surface area contributed by atoms with E-state index in [1.165, 1.54) is 26.8 Å². The fourth-order valence-corrected chi connectivity index (χ4v) is 8.64. The van der Waals surface area contributed by atoms with E-state index in [2.05, 4.69) is 6.58 Å². The summed E-state index contributed by atoms with van der Waals surface area (Å²) in [7, 11) is 0. The van der Waals surface area contributed by atoms with Crippen molar-refractivity contribution in [3.8, 4) is 0 Å². The van der Waals surface area contributed by atoms with Gasteiger partial charge in [0.05, 0.1) is 16.6 Å². The number of aliphatic hydroxyl groups is 1. The lowest BCUT2D eigenvalue weighted by Gasteiger charge is -2.53.